The van der Waals surface area contributed by atoms with Crippen molar-refractivity contribution in [1.29, 1.82) is 0 Å². The molecule has 12 atom stereocenters. The summed E-state index contributed by atoms with van der Waals surface area (Å²) >= 11 is 0. The molecule has 2 N–H and O–H groups in total. The molecular formula is C36H55NO4. The van der Waals surface area contributed by atoms with Gasteiger partial charge in [0.2, 0.25) is 5.91 Å². The van der Waals surface area contributed by atoms with Crippen molar-refractivity contribution in [3.8, 4) is 0 Å². The van der Waals surface area contributed by atoms with Crippen LogP contribution < -0.4 is 5.32 Å². The highest BCUT2D eigenvalue weighted by Crippen LogP contribution is 2.89. The maximum Gasteiger partial charge on any atom is 0.329 e. The summed E-state index contributed by atoms with van der Waals surface area (Å²) in [4.78, 5) is 24.9. The molecule has 2 spiro atoms. The van der Waals surface area contributed by atoms with E-state index in [0.717, 1.165) is 12.3 Å². The fraction of sp³-hybridized carbons (Fsp3) is 0.833. The van der Waals surface area contributed by atoms with Gasteiger partial charge in [-0.05, 0) is 122 Å². The smallest absolute Gasteiger partial charge is 0.329 e. The third-order valence-corrected chi connectivity index (χ3v) is 15.0. The van der Waals surface area contributed by atoms with E-state index in [2.05, 4.69) is 52.1 Å². The highest BCUT2D eigenvalue weighted by Gasteiger charge is 2.82. The van der Waals surface area contributed by atoms with Crippen LogP contribution in [0.2, 0.25) is 0 Å². The second-order valence-electron chi connectivity index (χ2n) is 16.6. The Labute approximate surface area is 248 Å². The standard InChI is InChI=1S/C36H55NO4/c1-21(10-9-11-22(2)30(39)37-29-23(3)24(4)41-31(29)40)25-14-16-34(8)27-13-12-26-32(5,6)28(38)15-17-35(26)20-36(27,35)19-18-33(25,34)7/h9-11,21,23-29,38H,12-20H2,1-8H3,(H,37,39)/b10-9+,22-11+/t21-,23+,24-,25-,26+,27+,28+,29+,33-,34+,35-,36+/m1/s1. The molecule has 0 bridgehead atoms. The first kappa shape index (κ1) is 29.5. The lowest BCUT2D eigenvalue weighted by atomic mass is 9.42. The molecule has 5 aliphatic carbocycles. The molecule has 1 heterocycles. The van der Waals surface area contributed by atoms with Gasteiger partial charge in [-0.15, -0.1) is 0 Å². The van der Waals surface area contributed by atoms with Gasteiger partial charge in [0.1, 0.15) is 12.1 Å². The average molecular weight is 566 g/mol. The number of carbonyl (C=O) groups excluding carboxylic acids is 2. The molecule has 1 saturated heterocycles. The molecule has 0 aromatic rings. The SMILES string of the molecule is C/C(=C\C=C\[C@@H](C)[C@H]1CC[C@@]2(C)[C@@H]3CC[C@H]4C(C)(C)[C@@H](O)CC[C@@]45C[C@@]35CC[C@]12C)C(=O)N[C@@H]1C(=O)O[C@H](C)[C@@H]1C. The lowest BCUT2D eigenvalue weighted by molar-refractivity contribution is -0.160. The van der Waals surface area contributed by atoms with Crippen LogP contribution in [0.15, 0.2) is 23.8 Å². The number of nitrogens with one attached hydrogen (secondary N) is 1. The van der Waals surface area contributed by atoms with Crippen LogP contribution in [-0.2, 0) is 14.3 Å². The largest absolute Gasteiger partial charge is 0.461 e. The third-order valence-electron chi connectivity index (χ3n) is 15.0. The van der Waals surface area contributed by atoms with Gasteiger partial charge < -0.3 is 15.2 Å². The Morgan fingerprint density at radius 1 is 0.976 bits per heavy atom. The van der Waals surface area contributed by atoms with E-state index in [9.17, 15) is 14.7 Å². The topological polar surface area (TPSA) is 75.6 Å². The Kier molecular flexibility index (Phi) is 6.78. The molecular weight excluding hydrogens is 510 g/mol. The molecule has 1 amide bonds. The second kappa shape index (κ2) is 9.44. The van der Waals surface area contributed by atoms with Crippen molar-refractivity contribution in [2.24, 2.45) is 56.7 Å². The van der Waals surface area contributed by atoms with Gasteiger partial charge in [-0.2, -0.15) is 0 Å². The summed E-state index contributed by atoms with van der Waals surface area (Å²) in [6.45, 7) is 18.0. The molecule has 6 rings (SSSR count). The van der Waals surface area contributed by atoms with Crippen LogP contribution in [0.1, 0.15) is 113 Å². The summed E-state index contributed by atoms with van der Waals surface area (Å²) in [6, 6.07) is -0.570. The number of rotatable bonds is 5. The van der Waals surface area contributed by atoms with Crippen molar-refractivity contribution >= 4 is 11.9 Å². The Balaban J connectivity index is 1.14. The summed E-state index contributed by atoms with van der Waals surface area (Å²) in [5.74, 6) is 2.03. The summed E-state index contributed by atoms with van der Waals surface area (Å²) < 4.78 is 5.28. The van der Waals surface area contributed by atoms with Gasteiger partial charge in [-0.25, -0.2) is 4.79 Å². The van der Waals surface area contributed by atoms with Crippen molar-refractivity contribution in [2.75, 3.05) is 0 Å². The predicted octanol–water partition coefficient (Wildman–Crippen LogP) is 6.99. The molecule has 1 aliphatic heterocycles. The summed E-state index contributed by atoms with van der Waals surface area (Å²) in [5.41, 5.74) is 2.38. The molecule has 5 nitrogen and oxygen atoms in total. The molecule has 6 aliphatic rings. The van der Waals surface area contributed by atoms with Crippen LogP contribution >= 0.6 is 0 Å². The number of ether oxygens (including phenoxy) is 1. The van der Waals surface area contributed by atoms with Gasteiger partial charge >= 0.3 is 5.97 Å². The van der Waals surface area contributed by atoms with Crippen LogP contribution in [0.5, 0.6) is 0 Å². The Bertz CT molecular complexity index is 1170. The second-order valence-corrected chi connectivity index (χ2v) is 16.6. The van der Waals surface area contributed by atoms with Crippen LogP contribution in [0, 0.1) is 56.7 Å². The lowest BCUT2D eigenvalue weighted by Crippen LogP contribution is -2.57. The van der Waals surface area contributed by atoms with Crippen LogP contribution in [0.3, 0.4) is 0 Å². The number of allylic oxidation sites excluding steroid dienone is 3. The number of esters is 1. The minimum absolute atomic E-state index is 0.0290. The fourth-order valence-corrected chi connectivity index (χ4v) is 12.1. The molecule has 5 heteroatoms. The molecule has 0 aromatic heterocycles. The number of carbonyl (C=O) groups is 2. The highest BCUT2D eigenvalue weighted by molar-refractivity contribution is 5.96. The molecule has 0 radical (unpaired) electrons. The Hall–Kier alpha value is -1.62. The van der Waals surface area contributed by atoms with Crippen molar-refractivity contribution in [3.63, 3.8) is 0 Å². The average Bonchev–Trinajstić information content (AvgIpc) is 3.41. The van der Waals surface area contributed by atoms with Crippen molar-refractivity contribution < 1.29 is 19.4 Å². The fourth-order valence-electron chi connectivity index (χ4n) is 12.1. The van der Waals surface area contributed by atoms with Gasteiger partial charge in [0.25, 0.3) is 0 Å². The van der Waals surface area contributed by atoms with Crippen LogP contribution in [-0.4, -0.2) is 35.2 Å². The van der Waals surface area contributed by atoms with Gasteiger partial charge in [0.15, 0.2) is 0 Å². The minimum Gasteiger partial charge on any atom is -0.461 e. The third kappa shape index (κ3) is 3.88. The normalized spacial score (nSPS) is 50.8. The maximum absolute atomic E-state index is 12.8. The quantitative estimate of drug-likeness (QED) is 0.214. The summed E-state index contributed by atoms with van der Waals surface area (Å²) in [6.07, 6.45) is 17.6. The number of amides is 1. The van der Waals surface area contributed by atoms with Gasteiger partial charge in [-0.1, -0.05) is 59.8 Å². The van der Waals surface area contributed by atoms with Crippen molar-refractivity contribution in [2.45, 2.75) is 131 Å². The van der Waals surface area contributed by atoms with E-state index in [1.807, 2.05) is 26.8 Å². The van der Waals surface area contributed by atoms with Crippen LogP contribution in [0.4, 0.5) is 0 Å². The van der Waals surface area contributed by atoms with Crippen molar-refractivity contribution in [1.82, 2.24) is 5.32 Å². The van der Waals surface area contributed by atoms with E-state index in [-0.39, 0.29) is 35.4 Å². The first-order chi connectivity index (χ1) is 19.1. The van der Waals surface area contributed by atoms with E-state index >= 15 is 0 Å². The van der Waals surface area contributed by atoms with E-state index in [0.29, 0.717) is 45.0 Å². The van der Waals surface area contributed by atoms with Crippen molar-refractivity contribution in [3.05, 3.63) is 23.8 Å². The van der Waals surface area contributed by atoms with E-state index in [4.69, 9.17) is 4.74 Å². The summed E-state index contributed by atoms with van der Waals surface area (Å²) in [5, 5.41) is 13.8. The van der Waals surface area contributed by atoms with Gasteiger partial charge in [0.05, 0.1) is 6.10 Å². The Morgan fingerprint density at radius 2 is 1.66 bits per heavy atom. The van der Waals surface area contributed by atoms with Crippen LogP contribution in [0.25, 0.3) is 0 Å². The number of cyclic esters (lactones) is 1. The first-order valence-electron chi connectivity index (χ1n) is 16.7. The number of hydrogen-bond donors (Lipinski definition) is 2. The number of aliphatic hydroxyl groups is 1. The molecule has 228 valence electrons. The molecule has 0 aromatic carbocycles. The summed E-state index contributed by atoms with van der Waals surface area (Å²) in [7, 11) is 0. The Morgan fingerprint density at radius 3 is 2.34 bits per heavy atom. The molecule has 0 unspecified atom stereocenters. The number of hydrogen-bond acceptors (Lipinski definition) is 4. The van der Waals surface area contributed by atoms with E-state index in [1.165, 1.54) is 51.4 Å². The lowest BCUT2D eigenvalue weighted by Gasteiger charge is -2.63. The molecule has 5 saturated carbocycles. The zero-order valence-corrected chi connectivity index (χ0v) is 26.9. The minimum atomic E-state index is -0.570. The first-order valence-corrected chi connectivity index (χ1v) is 16.7. The molecule has 41 heavy (non-hydrogen) atoms. The number of aliphatic hydroxyl groups excluding tert-OH is 1. The number of fused-ring (bicyclic) bond motifs is 2. The predicted molar refractivity (Wildman–Crippen MR) is 162 cm³/mol. The molecule has 6 fully saturated rings. The van der Waals surface area contributed by atoms with E-state index < -0.39 is 6.04 Å². The maximum atomic E-state index is 12.8. The van der Waals surface area contributed by atoms with Gasteiger partial charge in [0, 0.05) is 11.5 Å². The zero-order valence-electron chi connectivity index (χ0n) is 26.9. The van der Waals surface area contributed by atoms with E-state index in [1.54, 1.807) is 0 Å². The highest BCUT2D eigenvalue weighted by atomic mass is 16.6. The monoisotopic (exact) mass is 565 g/mol. The van der Waals surface area contributed by atoms with Gasteiger partial charge in [-0.3, -0.25) is 4.79 Å². The zero-order chi connectivity index (χ0) is 29.8.